The number of nitrogens with zero attached hydrogens (tertiary/aromatic N) is 9. The number of aliphatic imine (C=N–C) groups is 2. The van der Waals surface area contributed by atoms with Gasteiger partial charge in [0, 0.05) is 105 Å². The molecule has 2 amide bonds. The van der Waals surface area contributed by atoms with Crippen LogP contribution in [0.1, 0.15) is 123 Å². The number of anilines is 1. The Labute approximate surface area is 755 Å². The fourth-order valence-corrected chi connectivity index (χ4v) is 17.1. The molecule has 0 radical (unpaired) electrons. The number of sulfone groups is 1. The van der Waals surface area contributed by atoms with Gasteiger partial charge < -0.3 is 99.8 Å². The predicted molar refractivity (Wildman–Crippen MR) is 470 cm³/mol. The number of benzene rings is 7. The Kier molecular flexibility index (Phi) is 32.6. The third-order valence-corrected chi connectivity index (χ3v) is 24.7. The Morgan fingerprint density at radius 2 is 1.11 bits per heavy atom. The number of methoxy groups -OCH3 is 2. The predicted octanol–water partition coefficient (Wildman–Crippen LogP) is 7.94. The highest BCUT2D eigenvalue weighted by atomic mass is 32.3. The minimum absolute atomic E-state index is 0.0559. The maximum absolute atomic E-state index is 14.5. The third-order valence-electron chi connectivity index (χ3n) is 22.2. The number of fused-ring (bicyclic) bond motifs is 7. The van der Waals surface area contributed by atoms with Crippen LogP contribution in [0.3, 0.4) is 0 Å². The number of aromatic nitrogens is 5. The summed E-state index contributed by atoms with van der Waals surface area (Å²) in [5.74, 6) is -2.52. The van der Waals surface area contributed by atoms with Crippen LogP contribution in [0.4, 0.5) is 17.1 Å². The van der Waals surface area contributed by atoms with Crippen molar-refractivity contribution >= 4 is 78.9 Å². The SMILES string of the molecule is COc1cc2c(cc1OCc1cc(COc3cc4c(cc3OC)C(=O)N3c5ccccc5C[C@H]3C=N4)cc(OS(=O)(=O)Oc3cc(C(=O)CCCOCCOCCOCCn4cc(COCCOCCOCCOCCCC(=O)c5ccc(C(=O)CCS(=O)(=O)c6ccc(C)cc6)cc5)nn4)ccc3OC3O[C@H](CO)[C@H](O)[C@H](O)[C@H]3O)c1)N=C[C@@H]1Cc3c(ncn3C)CN1C2=O. The number of rotatable bonds is 50. The summed E-state index contributed by atoms with van der Waals surface area (Å²) in [6, 6.07) is 33.8. The van der Waals surface area contributed by atoms with E-state index in [9.17, 15) is 61.2 Å². The molecule has 131 heavy (non-hydrogen) atoms. The number of para-hydroxylation sites is 1. The Morgan fingerprint density at radius 3 is 1.73 bits per heavy atom. The lowest BCUT2D eigenvalue weighted by atomic mass is 9.99. The van der Waals surface area contributed by atoms with Gasteiger partial charge in [0.15, 0.2) is 61.7 Å². The molecule has 37 nitrogen and oxygen atoms in total. The van der Waals surface area contributed by atoms with Crippen LogP contribution in [0.25, 0.3) is 0 Å². The second kappa shape index (κ2) is 44.9. The first-order chi connectivity index (χ1) is 63.4. The van der Waals surface area contributed by atoms with E-state index < -0.39 is 74.8 Å². The maximum atomic E-state index is 14.5. The van der Waals surface area contributed by atoms with Gasteiger partial charge in [0.05, 0.1) is 177 Å². The fraction of sp³-hybridized carbons (Fsp3) is 0.413. The van der Waals surface area contributed by atoms with E-state index in [0.717, 1.165) is 34.3 Å². The molecule has 1 unspecified atom stereocenters. The number of aryl methyl sites for hydroxylation is 2. The van der Waals surface area contributed by atoms with Crippen LogP contribution < -0.4 is 37.0 Å². The number of hydrogen-bond donors (Lipinski definition) is 4. The van der Waals surface area contributed by atoms with E-state index >= 15 is 0 Å². The van der Waals surface area contributed by atoms with Crippen molar-refractivity contribution in [2.45, 2.75) is 132 Å². The minimum atomic E-state index is -5.31. The molecule has 0 spiro atoms. The number of aliphatic hydroxyl groups is 4. The van der Waals surface area contributed by atoms with Crippen molar-refractivity contribution in [2.24, 2.45) is 17.0 Å². The standard InChI is InChI=1S/C92H103N9O28S2/c1-58-13-20-69(21-14-58)130(111,112)38-23-79(105)62-17-15-61(16-18-62)77(103)11-7-25-117-29-32-121-34-35-122-36-37-123-56-65-51-99(97-96-65)24-27-119-30-33-120-31-28-118-26-8-12-78(104)64-19-22-80(126-92-89(108)88(107)87(106)86(53-102)127-92)85(43-64)129-131(113,114)128-68-40-59(54-124-83-47-72-70(45-81(83)115-3)90(109)100-52-74-76(98(2)57-95-74)44-66(100)49-93-72)39-60(41-68)55-125-84-48-73-71(46-82(84)116-4)91(110)101-67(50-94-73)42-63-9-5-6-10-75(63)101/h5-6,9-10,13-22,39-41,43,45-51,57,66-67,86-89,92,102,106-108H,7-8,11-12,23-38,42,44,52-56H2,1-4H3/t66-,67-,86+,87-,88-,89+,92?/m0/s1. The largest absolute Gasteiger partial charge is 0.501 e. The Balaban J connectivity index is 0.516. The van der Waals surface area contributed by atoms with Gasteiger partial charge in [-0.3, -0.25) is 38.9 Å². The summed E-state index contributed by atoms with van der Waals surface area (Å²) in [5.41, 5.74) is 7.60. The molecule has 9 aromatic rings. The van der Waals surface area contributed by atoms with E-state index in [1.807, 2.05) is 42.8 Å². The van der Waals surface area contributed by atoms with Gasteiger partial charge in [0.1, 0.15) is 49.1 Å². The van der Waals surface area contributed by atoms with Gasteiger partial charge in [0.25, 0.3) is 11.8 Å². The lowest BCUT2D eigenvalue weighted by Gasteiger charge is -2.39. The first-order valence-corrected chi connectivity index (χ1v) is 45.7. The lowest BCUT2D eigenvalue weighted by Crippen LogP contribution is -2.60. The van der Waals surface area contributed by atoms with Crippen molar-refractivity contribution < 1.29 is 131 Å². The third kappa shape index (κ3) is 24.7. The van der Waals surface area contributed by atoms with Crippen molar-refractivity contribution in [3.8, 4) is 40.2 Å². The van der Waals surface area contributed by atoms with Gasteiger partial charge in [0.2, 0.25) is 6.29 Å². The van der Waals surface area contributed by atoms with Gasteiger partial charge in [-0.05, 0) is 103 Å². The molecule has 14 rings (SSSR count). The number of ether oxygens (including phenoxy) is 13. The lowest BCUT2D eigenvalue weighted by molar-refractivity contribution is -0.277. The van der Waals surface area contributed by atoms with Crippen molar-refractivity contribution in [2.75, 3.05) is 117 Å². The fourth-order valence-electron chi connectivity index (χ4n) is 15.2. The first-order valence-electron chi connectivity index (χ1n) is 42.7. The number of ketones is 3. The summed E-state index contributed by atoms with van der Waals surface area (Å²) >= 11 is 0. The molecule has 39 heteroatoms. The van der Waals surface area contributed by atoms with Gasteiger partial charge >= 0.3 is 10.4 Å². The molecular weight excluding hydrogens is 1740 g/mol. The van der Waals surface area contributed by atoms with E-state index in [1.54, 1.807) is 106 Å². The molecule has 0 saturated carbocycles. The highest BCUT2D eigenvalue weighted by Crippen LogP contribution is 2.44. The number of carbonyl (C=O) groups is 5. The molecule has 4 N–H and O–H groups in total. The van der Waals surface area contributed by atoms with Crippen LogP contribution in [0.5, 0.6) is 40.2 Å². The van der Waals surface area contributed by atoms with Crippen molar-refractivity contribution in [3.05, 3.63) is 213 Å². The molecule has 5 aliphatic heterocycles. The molecular formula is C92H103N9O28S2. The second-order valence-electron chi connectivity index (χ2n) is 31.4. The number of hydrogen-bond acceptors (Lipinski definition) is 33. The van der Waals surface area contributed by atoms with Gasteiger partial charge in [-0.2, -0.15) is 0 Å². The van der Waals surface area contributed by atoms with Crippen LogP contribution in [-0.2, 0) is 111 Å². The molecule has 1 fully saturated rings. The summed E-state index contributed by atoms with van der Waals surface area (Å²) in [4.78, 5) is 85.6. The zero-order chi connectivity index (χ0) is 92.1. The normalized spacial score (nSPS) is 17.9. The van der Waals surface area contributed by atoms with Crippen LogP contribution in [0, 0.1) is 6.92 Å². The van der Waals surface area contributed by atoms with E-state index in [2.05, 4.69) is 15.3 Å². The number of amides is 2. The number of carbonyl (C=O) groups excluding carboxylic acids is 5. The molecule has 2 aromatic heterocycles. The molecule has 7 aromatic carbocycles. The van der Waals surface area contributed by atoms with E-state index in [0.29, 0.717) is 118 Å². The first kappa shape index (κ1) is 95.3. The zero-order valence-corrected chi connectivity index (χ0v) is 74.2. The summed E-state index contributed by atoms with van der Waals surface area (Å²) in [6.45, 7) is 5.24. The number of imidazole rings is 1. The molecule has 1 saturated heterocycles. The Bertz CT molecular complexity index is 5810. The highest BCUT2D eigenvalue weighted by Gasteiger charge is 2.46. The van der Waals surface area contributed by atoms with Crippen LogP contribution in [0.2, 0.25) is 0 Å². The van der Waals surface area contributed by atoms with Crippen molar-refractivity contribution in [1.29, 1.82) is 0 Å². The van der Waals surface area contributed by atoms with Gasteiger partial charge in [-0.25, -0.2) is 18.1 Å². The molecule has 0 aliphatic carbocycles. The van der Waals surface area contributed by atoms with Crippen LogP contribution in [0.15, 0.2) is 161 Å². The van der Waals surface area contributed by atoms with Gasteiger partial charge in [-0.15, -0.1) is 13.5 Å². The average Bonchev–Trinajstić information content (AvgIpc) is 1.62. The van der Waals surface area contributed by atoms with E-state index in [4.69, 9.17) is 79.9 Å². The molecule has 7 heterocycles. The zero-order valence-electron chi connectivity index (χ0n) is 72.6. The number of aliphatic hydroxyl groups excluding tert-OH is 4. The topological polar surface area (TPSA) is 453 Å². The van der Waals surface area contributed by atoms with E-state index in [1.165, 1.54) is 50.6 Å². The summed E-state index contributed by atoms with van der Waals surface area (Å²) in [5, 5.41) is 50.6. The maximum Gasteiger partial charge on any atom is 0.501 e. The average molecular weight is 1850 g/mol. The van der Waals surface area contributed by atoms with Crippen molar-refractivity contribution in [3.63, 3.8) is 0 Å². The summed E-state index contributed by atoms with van der Waals surface area (Å²) in [6.07, 6.45) is -0.222. The van der Waals surface area contributed by atoms with Crippen LogP contribution in [-0.4, -0.2) is 264 Å². The quantitative estimate of drug-likeness (QED) is 0.0207. The van der Waals surface area contributed by atoms with Crippen molar-refractivity contribution in [1.82, 2.24) is 29.4 Å². The minimum Gasteiger partial charge on any atom is -0.493 e. The van der Waals surface area contributed by atoms with E-state index in [-0.39, 0.29) is 177 Å². The number of Topliss-reactive ketones (excluding diaryl/α,β-unsaturated/α-hetero) is 3. The van der Waals surface area contributed by atoms with Crippen LogP contribution >= 0.6 is 0 Å². The molecule has 5 aliphatic rings. The second-order valence-corrected chi connectivity index (χ2v) is 34.6. The Hall–Kier alpha value is -11.8. The summed E-state index contributed by atoms with van der Waals surface area (Å²) < 4.78 is 145. The molecule has 7 atom stereocenters. The summed E-state index contributed by atoms with van der Waals surface area (Å²) in [7, 11) is -4.19. The highest BCUT2D eigenvalue weighted by molar-refractivity contribution is 7.91. The Morgan fingerprint density at radius 1 is 0.550 bits per heavy atom. The van der Waals surface area contributed by atoms with Gasteiger partial charge in [-0.1, -0.05) is 65.4 Å². The molecule has 696 valence electrons. The monoisotopic (exact) mass is 1850 g/mol. The smallest absolute Gasteiger partial charge is 0.493 e. The molecule has 0 bridgehead atoms.